The average Bonchev–Trinajstić information content (AvgIpc) is 3.16. The highest BCUT2D eigenvalue weighted by Gasteiger charge is 2.15. The number of carbonyl (C=O) groups excluding carboxylic acids is 1. The second-order valence-corrected chi connectivity index (χ2v) is 6.99. The first-order valence-corrected chi connectivity index (χ1v) is 9.28. The van der Waals surface area contributed by atoms with Gasteiger partial charge >= 0.3 is 0 Å². The molecule has 0 radical (unpaired) electrons. The predicted molar refractivity (Wildman–Crippen MR) is 112 cm³/mol. The predicted octanol–water partition coefficient (Wildman–Crippen LogP) is 5.82. The summed E-state index contributed by atoms with van der Waals surface area (Å²) < 4.78 is 6.32. The molecule has 2 aromatic carbocycles. The summed E-state index contributed by atoms with van der Waals surface area (Å²) in [6.07, 6.45) is 1.30. The standard InChI is InChI=1S/C20H11BrClN3O4/c21-16-3-1-2-4-18(16)24-20(26)12(11-23)9-14-6-8-19(29-14)15-7-5-13(25(27)28)10-17(15)22/h1-10H,(H,24,26)/b12-9+. The van der Waals surface area contributed by atoms with E-state index in [0.29, 0.717) is 21.5 Å². The summed E-state index contributed by atoms with van der Waals surface area (Å²) in [6.45, 7) is 0. The van der Waals surface area contributed by atoms with Crippen molar-refractivity contribution in [3.63, 3.8) is 0 Å². The van der Waals surface area contributed by atoms with Gasteiger partial charge in [-0.15, -0.1) is 0 Å². The number of amides is 1. The van der Waals surface area contributed by atoms with Crippen molar-refractivity contribution in [3.8, 4) is 17.4 Å². The lowest BCUT2D eigenvalue weighted by Crippen LogP contribution is -2.13. The molecule has 9 heteroatoms. The number of non-ortho nitro benzene ring substituents is 1. The van der Waals surface area contributed by atoms with Gasteiger partial charge in [0.2, 0.25) is 0 Å². The second kappa shape index (κ2) is 8.73. The summed E-state index contributed by atoms with van der Waals surface area (Å²) in [4.78, 5) is 22.7. The van der Waals surface area contributed by atoms with E-state index in [-0.39, 0.29) is 22.0 Å². The number of nitro benzene ring substituents is 1. The highest BCUT2D eigenvalue weighted by Crippen LogP contribution is 2.32. The number of halogens is 2. The normalized spacial score (nSPS) is 11.0. The Bertz CT molecular complexity index is 1180. The van der Waals surface area contributed by atoms with Crippen LogP contribution in [0.4, 0.5) is 11.4 Å². The third-order valence-corrected chi connectivity index (χ3v) is 4.83. The van der Waals surface area contributed by atoms with E-state index >= 15 is 0 Å². The number of furan rings is 1. The second-order valence-electron chi connectivity index (χ2n) is 5.73. The minimum absolute atomic E-state index is 0.138. The molecule has 0 aliphatic rings. The molecule has 0 spiro atoms. The summed E-state index contributed by atoms with van der Waals surface area (Å²) in [5.74, 6) is 0.0126. The zero-order valence-electron chi connectivity index (χ0n) is 14.6. The number of nitro groups is 1. The van der Waals surface area contributed by atoms with Crippen LogP contribution in [0.3, 0.4) is 0 Å². The molecule has 0 bridgehead atoms. The van der Waals surface area contributed by atoms with Crippen molar-refractivity contribution in [1.29, 1.82) is 5.26 Å². The van der Waals surface area contributed by atoms with E-state index in [1.165, 1.54) is 24.3 Å². The Morgan fingerprint density at radius 2 is 2.00 bits per heavy atom. The lowest BCUT2D eigenvalue weighted by atomic mass is 10.1. The van der Waals surface area contributed by atoms with Crippen molar-refractivity contribution < 1.29 is 14.1 Å². The Hall–Kier alpha value is -3.41. The highest BCUT2D eigenvalue weighted by atomic mass is 79.9. The van der Waals surface area contributed by atoms with Crippen LogP contribution in [-0.2, 0) is 4.79 Å². The molecule has 1 aromatic heterocycles. The van der Waals surface area contributed by atoms with E-state index < -0.39 is 10.8 Å². The molecular weight excluding hydrogens is 462 g/mol. The van der Waals surface area contributed by atoms with Gasteiger partial charge in [0.05, 0.1) is 15.6 Å². The van der Waals surface area contributed by atoms with E-state index in [0.717, 1.165) is 0 Å². The van der Waals surface area contributed by atoms with Gasteiger partial charge in [-0.05, 0) is 46.3 Å². The van der Waals surface area contributed by atoms with Crippen molar-refractivity contribution in [2.45, 2.75) is 0 Å². The zero-order chi connectivity index (χ0) is 21.0. The van der Waals surface area contributed by atoms with Gasteiger partial charge in [-0.25, -0.2) is 0 Å². The maximum Gasteiger partial charge on any atom is 0.270 e. The van der Waals surface area contributed by atoms with Crippen molar-refractivity contribution in [1.82, 2.24) is 0 Å². The average molecular weight is 473 g/mol. The first-order chi connectivity index (χ1) is 13.9. The van der Waals surface area contributed by atoms with Gasteiger partial charge in [0.1, 0.15) is 23.2 Å². The summed E-state index contributed by atoms with van der Waals surface area (Å²) in [5, 5.41) is 22.9. The summed E-state index contributed by atoms with van der Waals surface area (Å²) in [6, 6.07) is 16.0. The summed E-state index contributed by atoms with van der Waals surface area (Å²) >= 11 is 9.43. The quantitative estimate of drug-likeness (QED) is 0.218. The number of nitriles is 1. The number of rotatable bonds is 5. The molecule has 0 unspecified atom stereocenters. The van der Waals surface area contributed by atoms with Gasteiger partial charge < -0.3 is 9.73 Å². The number of hydrogen-bond donors (Lipinski definition) is 1. The first-order valence-electron chi connectivity index (χ1n) is 8.11. The monoisotopic (exact) mass is 471 g/mol. The highest BCUT2D eigenvalue weighted by molar-refractivity contribution is 9.10. The fourth-order valence-corrected chi connectivity index (χ4v) is 3.09. The Balaban J connectivity index is 1.84. The van der Waals surface area contributed by atoms with Crippen molar-refractivity contribution in [2.24, 2.45) is 0 Å². The minimum Gasteiger partial charge on any atom is -0.457 e. The van der Waals surface area contributed by atoms with E-state index in [9.17, 15) is 20.2 Å². The van der Waals surface area contributed by atoms with Crippen LogP contribution in [0.2, 0.25) is 5.02 Å². The van der Waals surface area contributed by atoms with Crippen LogP contribution in [0.15, 0.2) is 69.1 Å². The number of nitrogens with one attached hydrogen (secondary N) is 1. The maximum absolute atomic E-state index is 12.4. The number of carbonyl (C=O) groups is 1. The number of para-hydroxylation sites is 1. The van der Waals surface area contributed by atoms with E-state index in [1.54, 1.807) is 36.4 Å². The van der Waals surface area contributed by atoms with Crippen molar-refractivity contribution >= 4 is 50.9 Å². The van der Waals surface area contributed by atoms with Crippen LogP contribution in [-0.4, -0.2) is 10.8 Å². The molecule has 0 aliphatic heterocycles. The smallest absolute Gasteiger partial charge is 0.270 e. The first kappa shape index (κ1) is 20.3. The Kier molecular flexibility index (Phi) is 6.12. The number of benzene rings is 2. The van der Waals surface area contributed by atoms with Crippen LogP contribution in [0.1, 0.15) is 5.76 Å². The molecule has 1 amide bonds. The molecule has 7 nitrogen and oxygen atoms in total. The molecule has 1 heterocycles. The lowest BCUT2D eigenvalue weighted by Gasteiger charge is -2.05. The SMILES string of the molecule is N#C/C(=C\c1ccc(-c2ccc([N+](=O)[O-])cc2Cl)o1)C(=O)Nc1ccccc1Br. The molecular formula is C20H11BrClN3O4. The van der Waals surface area contributed by atoms with Crippen LogP contribution in [0.5, 0.6) is 0 Å². The largest absolute Gasteiger partial charge is 0.457 e. The van der Waals surface area contributed by atoms with E-state index in [2.05, 4.69) is 21.2 Å². The number of nitrogens with zero attached hydrogens (tertiary/aromatic N) is 2. The van der Waals surface area contributed by atoms with Gasteiger partial charge in [0.25, 0.3) is 11.6 Å². The van der Waals surface area contributed by atoms with Gasteiger partial charge in [0, 0.05) is 28.2 Å². The Morgan fingerprint density at radius 1 is 1.24 bits per heavy atom. The molecule has 1 N–H and O–H groups in total. The molecule has 3 aromatic rings. The van der Waals surface area contributed by atoms with E-state index in [1.807, 2.05) is 6.07 Å². The molecule has 0 atom stereocenters. The van der Waals surface area contributed by atoms with Gasteiger partial charge in [-0.1, -0.05) is 23.7 Å². The summed E-state index contributed by atoms with van der Waals surface area (Å²) in [5.41, 5.74) is 0.682. The van der Waals surface area contributed by atoms with E-state index in [4.69, 9.17) is 16.0 Å². The fourth-order valence-electron chi connectivity index (χ4n) is 2.44. The number of anilines is 1. The summed E-state index contributed by atoms with van der Waals surface area (Å²) in [7, 11) is 0. The van der Waals surface area contributed by atoms with Crippen molar-refractivity contribution in [3.05, 3.63) is 85.5 Å². The molecule has 0 fully saturated rings. The molecule has 0 saturated carbocycles. The lowest BCUT2D eigenvalue weighted by molar-refractivity contribution is -0.384. The molecule has 0 saturated heterocycles. The zero-order valence-corrected chi connectivity index (χ0v) is 16.9. The van der Waals surface area contributed by atoms with Crippen LogP contribution >= 0.6 is 27.5 Å². The third-order valence-electron chi connectivity index (χ3n) is 3.83. The fraction of sp³-hybridized carbons (Fsp3) is 0. The molecule has 144 valence electrons. The van der Waals surface area contributed by atoms with Crippen LogP contribution < -0.4 is 5.32 Å². The Morgan fingerprint density at radius 3 is 2.66 bits per heavy atom. The van der Waals surface area contributed by atoms with Crippen LogP contribution in [0, 0.1) is 21.4 Å². The third kappa shape index (κ3) is 4.71. The molecule has 3 rings (SSSR count). The molecule has 29 heavy (non-hydrogen) atoms. The topological polar surface area (TPSA) is 109 Å². The Labute approximate surface area is 178 Å². The van der Waals surface area contributed by atoms with Crippen molar-refractivity contribution in [2.75, 3.05) is 5.32 Å². The van der Waals surface area contributed by atoms with Gasteiger partial charge in [0.15, 0.2) is 0 Å². The maximum atomic E-state index is 12.4. The van der Waals surface area contributed by atoms with Gasteiger partial charge in [-0.3, -0.25) is 14.9 Å². The minimum atomic E-state index is -0.592. The number of hydrogen-bond acceptors (Lipinski definition) is 5. The molecule has 0 aliphatic carbocycles. The van der Waals surface area contributed by atoms with Crippen LogP contribution in [0.25, 0.3) is 17.4 Å². The van der Waals surface area contributed by atoms with Gasteiger partial charge in [-0.2, -0.15) is 5.26 Å².